The summed E-state index contributed by atoms with van der Waals surface area (Å²) in [5.41, 5.74) is 6.42. The van der Waals surface area contributed by atoms with Crippen molar-refractivity contribution in [1.82, 2.24) is 15.8 Å². The fourth-order valence-corrected chi connectivity index (χ4v) is 2.95. The Morgan fingerprint density at radius 2 is 1.87 bits per heavy atom. The molecule has 8 heteroatoms. The zero-order chi connectivity index (χ0) is 16.8. The van der Waals surface area contributed by atoms with E-state index in [4.69, 9.17) is 4.74 Å². The molecule has 124 valence electrons. The van der Waals surface area contributed by atoms with Gasteiger partial charge in [-0.05, 0) is 25.0 Å². The molecule has 0 bridgehead atoms. The molecule has 0 radical (unpaired) electrons. The van der Waals surface area contributed by atoms with Crippen molar-refractivity contribution >= 4 is 28.8 Å². The van der Waals surface area contributed by atoms with Crippen LogP contribution in [0.5, 0.6) is 5.75 Å². The fourth-order valence-electron chi connectivity index (χ4n) is 2.12. The summed E-state index contributed by atoms with van der Waals surface area (Å²) < 4.78 is 5.48. The number of amides is 3. The van der Waals surface area contributed by atoms with Crippen LogP contribution in [0.3, 0.4) is 0 Å². The van der Waals surface area contributed by atoms with Gasteiger partial charge in [-0.15, -0.1) is 0 Å². The number of hydrogen-bond acceptors (Lipinski definition) is 5. The minimum atomic E-state index is -0.469. The lowest BCUT2D eigenvalue weighted by atomic mass is 10.1. The van der Waals surface area contributed by atoms with Gasteiger partial charge >= 0.3 is 0 Å². The second-order valence-electron chi connectivity index (χ2n) is 5.14. The maximum Gasteiger partial charge on any atom is 0.282 e. The molecule has 0 atom stereocenters. The predicted octanol–water partition coefficient (Wildman–Crippen LogP) is 0.998. The molecule has 2 rings (SSSR count). The highest BCUT2D eigenvalue weighted by Gasteiger charge is 2.23. The lowest BCUT2D eigenvalue weighted by molar-refractivity contribution is -0.130. The predicted molar refractivity (Wildman–Crippen MR) is 87.1 cm³/mol. The van der Waals surface area contributed by atoms with Crippen LogP contribution >= 0.6 is 11.8 Å². The lowest BCUT2D eigenvalue weighted by Crippen LogP contribution is -2.47. The summed E-state index contributed by atoms with van der Waals surface area (Å²) in [7, 11) is 0. The molecular weight excluding hydrogens is 318 g/mol. The van der Waals surface area contributed by atoms with E-state index in [1.807, 2.05) is 32.0 Å². The van der Waals surface area contributed by atoms with E-state index < -0.39 is 11.8 Å². The third-order valence-corrected chi connectivity index (χ3v) is 4.17. The first-order chi connectivity index (χ1) is 11.0. The number of nitrogens with zero attached hydrogens (tertiary/aromatic N) is 1. The molecule has 1 aromatic carbocycles. The van der Waals surface area contributed by atoms with Crippen LogP contribution in [0.1, 0.15) is 11.1 Å². The standard InChI is InChI=1S/C15H19N3O4S/c1-10-4-3-5-11(2)14(10)22-9-13(20)17-16-12(19)8-18-6-7-23-15(18)21/h3-5H,6-9H2,1-2H3,(H,16,19)(H,17,20). The summed E-state index contributed by atoms with van der Waals surface area (Å²) in [5, 5.41) is -0.121. The Kier molecular flexibility index (Phi) is 5.86. The smallest absolute Gasteiger partial charge is 0.282 e. The zero-order valence-electron chi connectivity index (χ0n) is 13.0. The van der Waals surface area contributed by atoms with Crippen molar-refractivity contribution in [2.45, 2.75) is 13.8 Å². The molecule has 1 aliphatic heterocycles. The molecule has 1 fully saturated rings. The first kappa shape index (κ1) is 17.1. The van der Waals surface area contributed by atoms with Crippen LogP contribution in [-0.2, 0) is 9.59 Å². The maximum atomic E-state index is 11.7. The summed E-state index contributed by atoms with van der Waals surface area (Å²) in [5.74, 6) is 0.431. The quantitative estimate of drug-likeness (QED) is 0.783. The number of carbonyl (C=O) groups is 3. The molecule has 7 nitrogen and oxygen atoms in total. The van der Waals surface area contributed by atoms with Gasteiger partial charge in [0.25, 0.3) is 17.1 Å². The van der Waals surface area contributed by atoms with Gasteiger partial charge in [0.15, 0.2) is 6.61 Å². The Balaban J connectivity index is 1.72. The summed E-state index contributed by atoms with van der Waals surface area (Å²) in [6, 6.07) is 5.70. The Bertz CT molecular complexity index is 600. The minimum Gasteiger partial charge on any atom is -0.483 e. The van der Waals surface area contributed by atoms with E-state index in [0.29, 0.717) is 18.0 Å². The number of carbonyl (C=O) groups excluding carboxylic acids is 3. The van der Waals surface area contributed by atoms with E-state index in [1.165, 1.54) is 16.7 Å². The third-order valence-electron chi connectivity index (χ3n) is 3.28. The van der Waals surface area contributed by atoms with Crippen LogP contribution in [-0.4, -0.2) is 47.4 Å². The molecular formula is C15H19N3O4S. The van der Waals surface area contributed by atoms with E-state index in [9.17, 15) is 14.4 Å². The molecule has 0 spiro atoms. The van der Waals surface area contributed by atoms with E-state index in [2.05, 4.69) is 10.9 Å². The second kappa shape index (κ2) is 7.87. The Morgan fingerprint density at radius 1 is 1.22 bits per heavy atom. The van der Waals surface area contributed by atoms with Crippen molar-refractivity contribution in [3.63, 3.8) is 0 Å². The van der Waals surface area contributed by atoms with Crippen LogP contribution in [0.15, 0.2) is 18.2 Å². The molecule has 23 heavy (non-hydrogen) atoms. The average molecular weight is 337 g/mol. The summed E-state index contributed by atoms with van der Waals surface area (Å²) in [6.45, 7) is 4.06. The molecule has 0 unspecified atom stereocenters. The topological polar surface area (TPSA) is 87.7 Å². The van der Waals surface area contributed by atoms with Gasteiger partial charge in [-0.3, -0.25) is 25.2 Å². The number of para-hydroxylation sites is 1. The van der Waals surface area contributed by atoms with Gasteiger partial charge in [0.2, 0.25) is 0 Å². The molecule has 3 amide bonds. The number of rotatable bonds is 5. The Hall–Kier alpha value is -2.22. The fraction of sp³-hybridized carbons (Fsp3) is 0.400. The molecule has 1 saturated heterocycles. The molecule has 2 N–H and O–H groups in total. The SMILES string of the molecule is Cc1cccc(C)c1OCC(=O)NNC(=O)CN1CCSC1=O. The van der Waals surface area contributed by atoms with Crippen molar-refractivity contribution in [3.05, 3.63) is 29.3 Å². The van der Waals surface area contributed by atoms with Crippen molar-refractivity contribution in [2.24, 2.45) is 0 Å². The first-order valence-corrected chi connectivity index (χ1v) is 8.14. The van der Waals surface area contributed by atoms with Gasteiger partial charge in [-0.1, -0.05) is 30.0 Å². The Labute approximate surface area is 138 Å². The highest BCUT2D eigenvalue weighted by atomic mass is 32.2. The summed E-state index contributed by atoms with van der Waals surface area (Å²) in [6.07, 6.45) is 0. The normalized spacial score (nSPS) is 13.8. The van der Waals surface area contributed by atoms with Crippen LogP contribution < -0.4 is 15.6 Å². The molecule has 1 heterocycles. The average Bonchev–Trinajstić information content (AvgIpc) is 2.90. The zero-order valence-corrected chi connectivity index (χ0v) is 13.9. The summed E-state index contributed by atoms with van der Waals surface area (Å²) >= 11 is 1.18. The van der Waals surface area contributed by atoms with E-state index >= 15 is 0 Å². The number of hydrogen-bond donors (Lipinski definition) is 2. The van der Waals surface area contributed by atoms with Crippen molar-refractivity contribution in [1.29, 1.82) is 0 Å². The number of aryl methyl sites for hydroxylation is 2. The number of hydrazine groups is 1. The van der Waals surface area contributed by atoms with E-state index in [0.717, 1.165) is 11.1 Å². The van der Waals surface area contributed by atoms with Crippen LogP contribution in [0.2, 0.25) is 0 Å². The van der Waals surface area contributed by atoms with Crippen LogP contribution in [0.25, 0.3) is 0 Å². The van der Waals surface area contributed by atoms with Crippen LogP contribution in [0, 0.1) is 13.8 Å². The third kappa shape index (κ3) is 4.88. The molecule has 0 saturated carbocycles. The molecule has 0 aliphatic carbocycles. The van der Waals surface area contributed by atoms with Crippen molar-refractivity contribution < 1.29 is 19.1 Å². The highest BCUT2D eigenvalue weighted by Crippen LogP contribution is 2.22. The number of thioether (sulfide) groups is 1. The molecule has 1 aromatic rings. The van der Waals surface area contributed by atoms with Crippen LogP contribution in [0.4, 0.5) is 4.79 Å². The van der Waals surface area contributed by atoms with Gasteiger partial charge in [-0.2, -0.15) is 0 Å². The second-order valence-corrected chi connectivity index (χ2v) is 6.19. The highest BCUT2D eigenvalue weighted by molar-refractivity contribution is 8.13. The van der Waals surface area contributed by atoms with Crippen molar-refractivity contribution in [3.8, 4) is 5.75 Å². The Morgan fingerprint density at radius 3 is 2.48 bits per heavy atom. The molecule has 0 aromatic heterocycles. The van der Waals surface area contributed by atoms with Crippen molar-refractivity contribution in [2.75, 3.05) is 25.4 Å². The number of nitrogens with one attached hydrogen (secondary N) is 2. The number of ether oxygens (including phenoxy) is 1. The maximum absolute atomic E-state index is 11.7. The molecule has 1 aliphatic rings. The van der Waals surface area contributed by atoms with E-state index in [-0.39, 0.29) is 18.4 Å². The largest absolute Gasteiger partial charge is 0.483 e. The van der Waals surface area contributed by atoms with Gasteiger partial charge in [-0.25, -0.2) is 0 Å². The van der Waals surface area contributed by atoms with Gasteiger partial charge in [0.05, 0.1) is 0 Å². The lowest BCUT2D eigenvalue weighted by Gasteiger charge is -2.15. The summed E-state index contributed by atoms with van der Waals surface area (Å²) in [4.78, 5) is 36.2. The minimum absolute atomic E-state index is 0.0656. The first-order valence-electron chi connectivity index (χ1n) is 7.16. The van der Waals surface area contributed by atoms with Gasteiger partial charge in [0.1, 0.15) is 12.3 Å². The number of benzene rings is 1. The van der Waals surface area contributed by atoms with E-state index in [1.54, 1.807) is 0 Å². The monoisotopic (exact) mass is 337 g/mol. The van der Waals surface area contributed by atoms with Gasteiger partial charge in [0, 0.05) is 12.3 Å². The van der Waals surface area contributed by atoms with Gasteiger partial charge < -0.3 is 9.64 Å².